The first-order valence-electron chi connectivity index (χ1n) is 9.94. The van der Waals surface area contributed by atoms with Crippen molar-refractivity contribution in [2.24, 2.45) is 0 Å². The number of likely N-dealkylation sites (tertiary alicyclic amines) is 1. The number of piperidine rings is 1. The Kier molecular flexibility index (Phi) is 5.39. The molecule has 2 aliphatic rings. The number of piperazine rings is 1. The zero-order chi connectivity index (χ0) is 20.4. The van der Waals surface area contributed by atoms with E-state index in [9.17, 15) is 19.5 Å². The number of hydrogen-bond acceptors (Lipinski definition) is 4. The molecule has 2 aliphatic heterocycles. The van der Waals surface area contributed by atoms with Gasteiger partial charge >= 0.3 is 11.8 Å². The summed E-state index contributed by atoms with van der Waals surface area (Å²) in [5.41, 5.74) is 1.20. The topological polar surface area (TPSA) is 111 Å². The molecule has 9 nitrogen and oxygen atoms in total. The van der Waals surface area contributed by atoms with Crippen LogP contribution in [0.4, 0.5) is 4.79 Å². The van der Waals surface area contributed by atoms with E-state index in [1.807, 2.05) is 30.3 Å². The molecule has 0 saturated carbocycles. The largest absolute Gasteiger partial charge is 0.465 e. The second-order valence-electron chi connectivity index (χ2n) is 7.46. The molecule has 2 fully saturated rings. The maximum absolute atomic E-state index is 13.2. The van der Waals surface area contributed by atoms with Crippen molar-refractivity contribution in [2.45, 2.75) is 18.9 Å². The molecule has 3 heterocycles. The normalized spacial score (nSPS) is 19.9. The van der Waals surface area contributed by atoms with Crippen molar-refractivity contribution in [1.29, 1.82) is 0 Å². The highest BCUT2D eigenvalue weighted by atomic mass is 16.4. The van der Waals surface area contributed by atoms with Crippen LogP contribution >= 0.6 is 0 Å². The fourth-order valence-corrected chi connectivity index (χ4v) is 4.20. The van der Waals surface area contributed by atoms with Crippen LogP contribution in [0.5, 0.6) is 0 Å². The van der Waals surface area contributed by atoms with Gasteiger partial charge < -0.3 is 25.2 Å². The summed E-state index contributed by atoms with van der Waals surface area (Å²) in [6.45, 7) is 3.28. The molecule has 1 aromatic carbocycles. The predicted molar refractivity (Wildman–Crippen MR) is 107 cm³/mol. The van der Waals surface area contributed by atoms with Crippen LogP contribution in [-0.2, 0) is 0 Å². The first-order chi connectivity index (χ1) is 14.1. The molecule has 3 N–H and O–H groups in total. The zero-order valence-electron chi connectivity index (χ0n) is 16.1. The van der Waals surface area contributed by atoms with Crippen LogP contribution in [0.25, 0.3) is 11.3 Å². The number of amides is 2. The van der Waals surface area contributed by atoms with Crippen molar-refractivity contribution in [1.82, 2.24) is 24.7 Å². The molecule has 0 spiro atoms. The van der Waals surface area contributed by atoms with Gasteiger partial charge in [-0.05, 0) is 12.8 Å². The van der Waals surface area contributed by atoms with E-state index in [2.05, 4.69) is 10.3 Å². The minimum absolute atomic E-state index is 0.202. The Balaban J connectivity index is 1.79. The van der Waals surface area contributed by atoms with Gasteiger partial charge in [0.2, 0.25) is 0 Å². The van der Waals surface area contributed by atoms with E-state index in [0.717, 1.165) is 5.56 Å². The second kappa shape index (κ2) is 8.12. The summed E-state index contributed by atoms with van der Waals surface area (Å²) >= 11 is 0. The fourth-order valence-electron chi connectivity index (χ4n) is 4.20. The van der Waals surface area contributed by atoms with Crippen LogP contribution in [0.2, 0.25) is 0 Å². The van der Waals surface area contributed by atoms with Gasteiger partial charge in [-0.25, -0.2) is 9.59 Å². The Morgan fingerprint density at radius 1 is 1.03 bits per heavy atom. The lowest BCUT2D eigenvalue weighted by Gasteiger charge is -2.32. The first-order valence-corrected chi connectivity index (χ1v) is 9.94. The van der Waals surface area contributed by atoms with Gasteiger partial charge in [-0.15, -0.1) is 0 Å². The molecule has 0 bridgehead atoms. The molecule has 0 aliphatic carbocycles. The number of hydrogen-bond donors (Lipinski definition) is 3. The summed E-state index contributed by atoms with van der Waals surface area (Å²) in [6, 6.07) is 9.02. The highest BCUT2D eigenvalue weighted by Gasteiger charge is 2.32. The summed E-state index contributed by atoms with van der Waals surface area (Å²) in [7, 11) is 0. The van der Waals surface area contributed by atoms with Crippen molar-refractivity contribution in [3.8, 4) is 11.3 Å². The van der Waals surface area contributed by atoms with Crippen LogP contribution in [0.3, 0.4) is 0 Å². The van der Waals surface area contributed by atoms with Gasteiger partial charge in [0.15, 0.2) is 0 Å². The molecule has 2 aromatic rings. The Morgan fingerprint density at radius 2 is 1.76 bits per heavy atom. The molecule has 9 heteroatoms. The smallest absolute Gasteiger partial charge is 0.407 e. The molecule has 0 radical (unpaired) electrons. The van der Waals surface area contributed by atoms with Crippen LogP contribution < -0.4 is 11.0 Å². The van der Waals surface area contributed by atoms with Gasteiger partial charge in [-0.1, -0.05) is 30.3 Å². The van der Waals surface area contributed by atoms with Gasteiger partial charge in [0.1, 0.15) is 5.69 Å². The van der Waals surface area contributed by atoms with E-state index in [-0.39, 0.29) is 29.9 Å². The predicted octanol–water partition coefficient (Wildman–Crippen LogP) is 1.20. The van der Waals surface area contributed by atoms with Crippen molar-refractivity contribution in [2.75, 3.05) is 39.3 Å². The number of benzene rings is 1. The molecule has 1 aromatic heterocycles. The maximum atomic E-state index is 13.2. The number of carbonyl (C=O) groups is 2. The third-order valence-electron chi connectivity index (χ3n) is 5.63. The van der Waals surface area contributed by atoms with Crippen molar-refractivity contribution in [3.05, 3.63) is 46.5 Å². The minimum Gasteiger partial charge on any atom is -0.465 e. The number of aromatic amines is 1. The SMILES string of the molecule is O=C(O)N1CCCC(n2c(-c3ccccc3)c(C(=O)N3CCNCC3)[nH]c2=O)C1. The number of nitrogens with one attached hydrogen (secondary N) is 2. The Hall–Kier alpha value is -3.07. The van der Waals surface area contributed by atoms with Crippen LogP contribution in [-0.4, -0.2) is 75.7 Å². The first kappa shape index (κ1) is 19.3. The number of imidazole rings is 1. The third-order valence-corrected chi connectivity index (χ3v) is 5.63. The Labute approximate surface area is 167 Å². The molecule has 154 valence electrons. The highest BCUT2D eigenvalue weighted by Crippen LogP contribution is 2.29. The highest BCUT2D eigenvalue weighted by molar-refractivity contribution is 5.98. The number of rotatable bonds is 3. The lowest BCUT2D eigenvalue weighted by Crippen LogP contribution is -2.46. The average Bonchev–Trinajstić information content (AvgIpc) is 3.11. The third kappa shape index (κ3) is 3.77. The van der Waals surface area contributed by atoms with Gasteiger partial charge in [0, 0.05) is 44.8 Å². The molecular formula is C20H25N5O4. The number of aromatic nitrogens is 2. The standard InChI is InChI=1S/C20H25N5O4/c26-18(23-11-8-21-9-12-23)16-17(14-5-2-1-3-6-14)25(19(27)22-16)15-7-4-10-24(13-15)20(28)29/h1-3,5-6,15,21H,4,7-13H2,(H,22,27)(H,28,29). The fraction of sp³-hybridized carbons (Fsp3) is 0.450. The van der Waals surface area contributed by atoms with E-state index in [1.165, 1.54) is 4.90 Å². The second-order valence-corrected chi connectivity index (χ2v) is 7.46. The van der Waals surface area contributed by atoms with E-state index in [0.29, 0.717) is 51.3 Å². The number of carboxylic acid groups (broad SMARTS) is 1. The van der Waals surface area contributed by atoms with E-state index in [4.69, 9.17) is 0 Å². The molecule has 29 heavy (non-hydrogen) atoms. The molecule has 2 amide bonds. The molecule has 1 unspecified atom stereocenters. The lowest BCUT2D eigenvalue weighted by molar-refractivity contribution is 0.0730. The van der Waals surface area contributed by atoms with Gasteiger partial charge in [0.05, 0.1) is 11.7 Å². The molecule has 1 atom stereocenters. The number of carbonyl (C=O) groups excluding carboxylic acids is 1. The number of nitrogens with zero attached hydrogens (tertiary/aromatic N) is 3. The van der Waals surface area contributed by atoms with E-state index >= 15 is 0 Å². The van der Waals surface area contributed by atoms with E-state index in [1.54, 1.807) is 9.47 Å². The molecule has 2 saturated heterocycles. The Bertz CT molecular complexity index is 946. The number of H-pyrrole nitrogens is 1. The summed E-state index contributed by atoms with van der Waals surface area (Å²) in [5.74, 6) is -0.202. The lowest BCUT2D eigenvalue weighted by atomic mass is 10.0. The molecular weight excluding hydrogens is 374 g/mol. The zero-order valence-corrected chi connectivity index (χ0v) is 16.1. The monoisotopic (exact) mass is 399 g/mol. The Morgan fingerprint density at radius 3 is 2.45 bits per heavy atom. The molecule has 4 rings (SSSR count). The summed E-state index contributed by atoms with van der Waals surface area (Å²) in [4.78, 5) is 43.5. The van der Waals surface area contributed by atoms with Crippen molar-refractivity contribution < 1.29 is 14.7 Å². The van der Waals surface area contributed by atoms with Crippen LogP contribution in [0, 0.1) is 0 Å². The van der Waals surface area contributed by atoms with Crippen LogP contribution in [0.1, 0.15) is 29.4 Å². The van der Waals surface area contributed by atoms with Crippen molar-refractivity contribution in [3.63, 3.8) is 0 Å². The summed E-state index contributed by atoms with van der Waals surface area (Å²) in [5, 5.41) is 12.6. The quantitative estimate of drug-likeness (QED) is 0.718. The maximum Gasteiger partial charge on any atom is 0.407 e. The van der Waals surface area contributed by atoms with Crippen LogP contribution in [0.15, 0.2) is 35.1 Å². The van der Waals surface area contributed by atoms with Gasteiger partial charge in [-0.2, -0.15) is 0 Å². The summed E-state index contributed by atoms with van der Waals surface area (Å²) < 4.78 is 1.58. The van der Waals surface area contributed by atoms with Gasteiger partial charge in [0.25, 0.3) is 5.91 Å². The minimum atomic E-state index is -0.989. The van der Waals surface area contributed by atoms with Gasteiger partial charge in [-0.3, -0.25) is 9.36 Å². The summed E-state index contributed by atoms with van der Waals surface area (Å²) in [6.07, 6.45) is 0.364. The average molecular weight is 399 g/mol. The van der Waals surface area contributed by atoms with E-state index < -0.39 is 6.09 Å². The van der Waals surface area contributed by atoms with Crippen molar-refractivity contribution >= 4 is 12.0 Å².